The third-order valence-corrected chi connectivity index (χ3v) is 6.10. The van der Waals surface area contributed by atoms with Crippen LogP contribution < -0.4 is 14.2 Å². The molecule has 0 aromatic heterocycles. The van der Waals surface area contributed by atoms with E-state index in [1.807, 2.05) is 78.8 Å². The molecule has 0 saturated heterocycles. The summed E-state index contributed by atoms with van der Waals surface area (Å²) in [5.41, 5.74) is 1.40. The summed E-state index contributed by atoms with van der Waals surface area (Å²) >= 11 is 0. The Bertz CT molecular complexity index is 1340. The van der Waals surface area contributed by atoms with Gasteiger partial charge in [-0.2, -0.15) is 0 Å². The van der Waals surface area contributed by atoms with Crippen molar-refractivity contribution >= 4 is 23.8 Å². The summed E-state index contributed by atoms with van der Waals surface area (Å²) in [6, 6.07) is 8.41. The van der Waals surface area contributed by atoms with Crippen LogP contribution in [0.25, 0.3) is 6.08 Å². The van der Waals surface area contributed by atoms with Crippen molar-refractivity contribution in [2.75, 3.05) is 0 Å². The SMILES string of the molecule is CC=CCc1cc(C=CC(=O)c2ccc(OC(=O)C(C)(C)C)cc2)c(OC(C)C)c(CC=CC)c1OC(=O)C(C)(C)C. The molecule has 0 N–H and O–H groups in total. The smallest absolute Gasteiger partial charge is 0.316 e. The highest BCUT2D eigenvalue weighted by Crippen LogP contribution is 2.40. The predicted octanol–water partition coefficient (Wildman–Crippen LogP) is 8.51. The first-order chi connectivity index (χ1) is 19.6. The average molecular weight is 575 g/mol. The second-order valence-corrected chi connectivity index (χ2v) is 12.5. The van der Waals surface area contributed by atoms with Crippen molar-refractivity contribution in [3.63, 3.8) is 0 Å². The maximum Gasteiger partial charge on any atom is 0.316 e. The highest BCUT2D eigenvalue weighted by molar-refractivity contribution is 6.07. The van der Waals surface area contributed by atoms with Crippen LogP contribution in [0.5, 0.6) is 17.2 Å². The largest absolute Gasteiger partial charge is 0.490 e. The molecule has 0 bridgehead atoms. The van der Waals surface area contributed by atoms with E-state index in [0.29, 0.717) is 41.2 Å². The lowest BCUT2D eigenvalue weighted by Gasteiger charge is -2.24. The van der Waals surface area contributed by atoms with Gasteiger partial charge in [0.15, 0.2) is 5.78 Å². The highest BCUT2D eigenvalue weighted by atomic mass is 16.5. The van der Waals surface area contributed by atoms with Gasteiger partial charge < -0.3 is 14.2 Å². The number of ether oxygens (including phenoxy) is 3. The number of carbonyl (C=O) groups is 3. The van der Waals surface area contributed by atoms with E-state index < -0.39 is 10.8 Å². The molecule has 0 unspecified atom stereocenters. The van der Waals surface area contributed by atoms with E-state index in [4.69, 9.17) is 14.2 Å². The van der Waals surface area contributed by atoms with Gasteiger partial charge in [-0.1, -0.05) is 24.3 Å². The first kappa shape index (κ1) is 34.3. The molecule has 6 nitrogen and oxygen atoms in total. The zero-order chi connectivity index (χ0) is 31.7. The predicted molar refractivity (Wildman–Crippen MR) is 169 cm³/mol. The second-order valence-electron chi connectivity index (χ2n) is 12.5. The lowest BCUT2D eigenvalue weighted by Crippen LogP contribution is -2.26. The molecule has 0 atom stereocenters. The maximum atomic E-state index is 13.2. The Balaban J connectivity index is 2.60. The molecule has 42 heavy (non-hydrogen) atoms. The third kappa shape index (κ3) is 9.86. The molecule has 0 amide bonds. The number of esters is 2. The van der Waals surface area contributed by atoms with Gasteiger partial charge >= 0.3 is 11.9 Å². The van der Waals surface area contributed by atoms with E-state index in [1.54, 1.807) is 51.1 Å². The lowest BCUT2D eigenvalue weighted by atomic mass is 9.95. The molecule has 2 rings (SSSR count). The normalized spacial score (nSPS) is 12.5. The van der Waals surface area contributed by atoms with Gasteiger partial charge in [-0.05, 0) is 130 Å². The summed E-state index contributed by atoms with van der Waals surface area (Å²) < 4.78 is 17.8. The van der Waals surface area contributed by atoms with Crippen molar-refractivity contribution < 1.29 is 28.6 Å². The maximum absolute atomic E-state index is 13.2. The van der Waals surface area contributed by atoms with E-state index in [-0.39, 0.29) is 23.8 Å². The number of carbonyl (C=O) groups excluding carboxylic acids is 3. The monoisotopic (exact) mass is 574 g/mol. The van der Waals surface area contributed by atoms with E-state index >= 15 is 0 Å². The molecule has 0 saturated carbocycles. The lowest BCUT2D eigenvalue weighted by molar-refractivity contribution is -0.143. The van der Waals surface area contributed by atoms with Crippen molar-refractivity contribution in [1.29, 1.82) is 0 Å². The van der Waals surface area contributed by atoms with Crippen LogP contribution in [0.3, 0.4) is 0 Å². The first-order valence-corrected chi connectivity index (χ1v) is 14.4. The Hall–Kier alpha value is -3.93. The van der Waals surface area contributed by atoms with Crippen LogP contribution in [0.15, 0.2) is 60.7 Å². The molecule has 2 aromatic carbocycles. The van der Waals surface area contributed by atoms with Gasteiger partial charge in [-0.15, -0.1) is 0 Å². The van der Waals surface area contributed by atoms with Crippen LogP contribution in [0.1, 0.15) is 96.3 Å². The van der Waals surface area contributed by atoms with Gasteiger partial charge in [-0.3, -0.25) is 14.4 Å². The van der Waals surface area contributed by atoms with Crippen molar-refractivity contribution in [1.82, 2.24) is 0 Å². The Morgan fingerprint density at radius 2 is 1.33 bits per heavy atom. The molecule has 0 radical (unpaired) electrons. The molecule has 0 aliphatic heterocycles. The number of hydrogen-bond acceptors (Lipinski definition) is 6. The van der Waals surface area contributed by atoms with E-state index in [2.05, 4.69) is 0 Å². The van der Waals surface area contributed by atoms with Crippen molar-refractivity contribution in [2.45, 2.75) is 88.2 Å². The molecule has 6 heteroatoms. The molecule has 2 aromatic rings. The molecule has 0 aliphatic rings. The molecule has 226 valence electrons. The van der Waals surface area contributed by atoms with Gasteiger partial charge in [0.05, 0.1) is 16.9 Å². The minimum Gasteiger partial charge on any atom is -0.490 e. The fourth-order valence-corrected chi connectivity index (χ4v) is 3.69. The molecule has 0 aliphatic carbocycles. The van der Waals surface area contributed by atoms with Crippen LogP contribution >= 0.6 is 0 Å². The van der Waals surface area contributed by atoms with Crippen molar-refractivity contribution in [2.24, 2.45) is 10.8 Å². The van der Waals surface area contributed by atoms with Crippen LogP contribution in [0.4, 0.5) is 0 Å². The van der Waals surface area contributed by atoms with Crippen LogP contribution in [-0.2, 0) is 22.4 Å². The number of hydrogen-bond donors (Lipinski definition) is 0. The summed E-state index contributed by atoms with van der Waals surface area (Å²) in [7, 11) is 0. The summed E-state index contributed by atoms with van der Waals surface area (Å²) in [6.45, 7) is 18.5. The van der Waals surface area contributed by atoms with Crippen LogP contribution in [0, 0.1) is 10.8 Å². The Morgan fingerprint density at radius 1 is 0.786 bits per heavy atom. The van der Waals surface area contributed by atoms with Gasteiger partial charge in [-0.25, -0.2) is 0 Å². The Kier molecular flexibility index (Phi) is 12.1. The second kappa shape index (κ2) is 14.8. The van der Waals surface area contributed by atoms with E-state index in [9.17, 15) is 14.4 Å². The van der Waals surface area contributed by atoms with Crippen molar-refractivity contribution in [3.05, 3.63) is 83.0 Å². The Morgan fingerprint density at radius 3 is 1.86 bits per heavy atom. The summed E-state index contributed by atoms with van der Waals surface area (Å²) in [5, 5.41) is 0. The minimum atomic E-state index is -0.694. The molecular formula is C36H46O6. The fourth-order valence-electron chi connectivity index (χ4n) is 3.69. The zero-order valence-electron chi connectivity index (χ0n) is 26.8. The van der Waals surface area contributed by atoms with Gasteiger partial charge in [0.25, 0.3) is 0 Å². The highest BCUT2D eigenvalue weighted by Gasteiger charge is 2.28. The summed E-state index contributed by atoms with van der Waals surface area (Å²) in [5.74, 6) is 0.538. The molecule has 0 spiro atoms. The third-order valence-electron chi connectivity index (χ3n) is 6.10. The number of allylic oxidation sites excluding steroid dienone is 5. The zero-order valence-corrected chi connectivity index (χ0v) is 26.8. The number of rotatable bonds is 11. The van der Waals surface area contributed by atoms with Gasteiger partial charge in [0.2, 0.25) is 0 Å². The molecule has 0 heterocycles. The average Bonchev–Trinajstić information content (AvgIpc) is 2.90. The summed E-state index contributed by atoms with van der Waals surface area (Å²) in [4.78, 5) is 38.4. The Labute approximate surface area is 251 Å². The number of benzene rings is 2. The van der Waals surface area contributed by atoms with Crippen LogP contribution in [0.2, 0.25) is 0 Å². The van der Waals surface area contributed by atoms with Crippen LogP contribution in [-0.4, -0.2) is 23.8 Å². The quantitative estimate of drug-likeness (QED) is 0.0880. The van der Waals surface area contributed by atoms with E-state index in [1.165, 1.54) is 6.08 Å². The van der Waals surface area contributed by atoms with Crippen molar-refractivity contribution in [3.8, 4) is 17.2 Å². The molecule has 0 fully saturated rings. The fraction of sp³-hybridized carbons (Fsp3) is 0.417. The first-order valence-electron chi connectivity index (χ1n) is 14.4. The molecular weight excluding hydrogens is 528 g/mol. The van der Waals surface area contributed by atoms with E-state index in [0.717, 1.165) is 11.1 Å². The standard InChI is InChI=1S/C36H46O6/c1-11-13-15-26-23-27(19-22-30(37)25-17-20-28(21-18-25)41-33(38)35(5,6)7)31(40-24(3)4)29(16-14-12-2)32(26)42-34(39)36(8,9)10/h11-14,17-24H,15-16H2,1-10H3. The van der Waals surface area contributed by atoms with Gasteiger partial charge in [0.1, 0.15) is 17.2 Å². The minimum absolute atomic E-state index is 0.159. The summed E-state index contributed by atoms with van der Waals surface area (Å²) in [6.07, 6.45) is 12.0. The topological polar surface area (TPSA) is 78.9 Å². The number of ketones is 1. The van der Waals surface area contributed by atoms with Gasteiger partial charge in [0, 0.05) is 16.7 Å².